The van der Waals surface area contributed by atoms with Gasteiger partial charge in [-0.25, -0.2) is 0 Å². The third-order valence-electron chi connectivity index (χ3n) is 2.55. The van der Waals surface area contributed by atoms with Crippen LogP contribution < -0.4 is 0 Å². The summed E-state index contributed by atoms with van der Waals surface area (Å²) in [5.74, 6) is -0.507. The van der Waals surface area contributed by atoms with Crippen molar-refractivity contribution in [1.82, 2.24) is 4.98 Å². The number of nitrogens with zero attached hydrogens (tertiary/aromatic N) is 3. The van der Waals surface area contributed by atoms with Gasteiger partial charge in [0.05, 0.1) is 16.7 Å². The quantitative estimate of drug-likeness (QED) is 0.609. The highest BCUT2D eigenvalue weighted by atomic mass is 16.6. The molecule has 0 unspecified atom stereocenters. The Bertz CT molecular complexity index is 588. The molecule has 0 amide bonds. The molecule has 1 heterocycles. The molecule has 0 radical (unpaired) electrons. The van der Waals surface area contributed by atoms with Gasteiger partial charge in [-0.05, 0) is 17.7 Å². The maximum absolute atomic E-state index is 10.5. The lowest BCUT2D eigenvalue weighted by molar-refractivity contribution is -0.384. The monoisotopic (exact) mass is 239 g/mol. The lowest BCUT2D eigenvalue weighted by atomic mass is 9.96. The first-order valence-corrected chi connectivity index (χ1v) is 5.27. The van der Waals surface area contributed by atoms with Crippen molar-refractivity contribution in [2.45, 2.75) is 5.92 Å². The third kappa shape index (κ3) is 2.33. The second-order valence-electron chi connectivity index (χ2n) is 3.67. The van der Waals surface area contributed by atoms with Gasteiger partial charge < -0.3 is 0 Å². The molecule has 0 aliphatic heterocycles. The van der Waals surface area contributed by atoms with E-state index in [1.807, 2.05) is 0 Å². The first-order chi connectivity index (χ1) is 8.72. The molecule has 5 nitrogen and oxygen atoms in total. The lowest BCUT2D eigenvalue weighted by Crippen LogP contribution is -2.00. The summed E-state index contributed by atoms with van der Waals surface area (Å²) in [5.41, 5.74) is 1.34. The molecule has 2 rings (SSSR count). The van der Waals surface area contributed by atoms with Crippen LogP contribution in [0.4, 0.5) is 5.69 Å². The van der Waals surface area contributed by atoms with E-state index in [1.54, 1.807) is 36.5 Å². The maximum Gasteiger partial charge on any atom is 0.269 e. The zero-order valence-corrected chi connectivity index (χ0v) is 9.35. The Kier molecular flexibility index (Phi) is 3.30. The Hall–Kier alpha value is -2.74. The largest absolute Gasteiger partial charge is 0.269 e. The third-order valence-corrected chi connectivity index (χ3v) is 2.55. The van der Waals surface area contributed by atoms with E-state index in [1.165, 1.54) is 12.1 Å². The van der Waals surface area contributed by atoms with E-state index in [0.29, 0.717) is 11.3 Å². The van der Waals surface area contributed by atoms with Crippen molar-refractivity contribution in [3.8, 4) is 6.07 Å². The number of pyridine rings is 1. The number of nitro benzene ring substituents is 1. The van der Waals surface area contributed by atoms with Gasteiger partial charge in [0.25, 0.3) is 5.69 Å². The SMILES string of the molecule is N#C[C@@H](c1ccc([N+](=O)[O-])cc1)c1ccccn1. The Morgan fingerprint density at radius 2 is 1.94 bits per heavy atom. The van der Waals surface area contributed by atoms with Crippen molar-refractivity contribution < 1.29 is 4.92 Å². The number of benzene rings is 1. The van der Waals surface area contributed by atoms with E-state index in [2.05, 4.69) is 11.1 Å². The van der Waals surface area contributed by atoms with Crippen LogP contribution in [0.5, 0.6) is 0 Å². The standard InChI is InChI=1S/C13H9N3O2/c14-9-12(13-3-1-2-8-15-13)10-4-6-11(7-5-10)16(17)18/h1-8,12H/t12-/m0/s1. The van der Waals surface area contributed by atoms with Gasteiger partial charge in [0.2, 0.25) is 0 Å². The van der Waals surface area contributed by atoms with Gasteiger partial charge in [-0.3, -0.25) is 15.1 Å². The van der Waals surface area contributed by atoms with Crippen LogP contribution >= 0.6 is 0 Å². The van der Waals surface area contributed by atoms with Gasteiger partial charge in [0.1, 0.15) is 5.92 Å². The van der Waals surface area contributed by atoms with Gasteiger partial charge in [-0.15, -0.1) is 0 Å². The molecule has 1 aromatic heterocycles. The number of nitro groups is 1. The second-order valence-corrected chi connectivity index (χ2v) is 3.67. The summed E-state index contributed by atoms with van der Waals surface area (Å²) in [5, 5.41) is 19.7. The molecule has 18 heavy (non-hydrogen) atoms. The van der Waals surface area contributed by atoms with Crippen LogP contribution in [0.15, 0.2) is 48.7 Å². The summed E-state index contributed by atoms with van der Waals surface area (Å²) in [7, 11) is 0. The fraction of sp³-hybridized carbons (Fsp3) is 0.0769. The highest BCUT2D eigenvalue weighted by Crippen LogP contribution is 2.24. The second kappa shape index (κ2) is 5.06. The average Bonchev–Trinajstić information content (AvgIpc) is 2.41. The van der Waals surface area contributed by atoms with Crippen LogP contribution in [0.2, 0.25) is 0 Å². The van der Waals surface area contributed by atoms with Crippen LogP contribution in [0.1, 0.15) is 17.2 Å². The minimum absolute atomic E-state index is 0.0106. The first kappa shape index (κ1) is 11.7. The number of nitriles is 1. The number of non-ortho nitro benzene ring substituents is 1. The van der Waals surface area contributed by atoms with Gasteiger partial charge in [0, 0.05) is 18.3 Å². The molecule has 2 aromatic rings. The topological polar surface area (TPSA) is 79.8 Å². The van der Waals surface area contributed by atoms with Crippen molar-refractivity contribution in [2.75, 3.05) is 0 Å². The number of hydrogen-bond acceptors (Lipinski definition) is 4. The fourth-order valence-corrected chi connectivity index (χ4v) is 1.65. The normalized spacial score (nSPS) is 11.5. The summed E-state index contributed by atoms with van der Waals surface area (Å²) in [6.45, 7) is 0. The van der Waals surface area contributed by atoms with Gasteiger partial charge in [0.15, 0.2) is 0 Å². The van der Waals surface area contributed by atoms with Crippen LogP contribution in [-0.2, 0) is 0 Å². The van der Waals surface area contributed by atoms with Gasteiger partial charge in [-0.2, -0.15) is 5.26 Å². The van der Waals surface area contributed by atoms with Crippen LogP contribution in [0.25, 0.3) is 0 Å². The highest BCUT2D eigenvalue weighted by molar-refractivity contribution is 5.40. The molecule has 0 spiro atoms. The van der Waals surface area contributed by atoms with Crippen molar-refractivity contribution >= 4 is 5.69 Å². The Balaban J connectivity index is 2.35. The minimum atomic E-state index is -0.507. The molecule has 5 heteroatoms. The van der Waals surface area contributed by atoms with Crippen molar-refractivity contribution in [2.24, 2.45) is 0 Å². The van der Waals surface area contributed by atoms with Crippen molar-refractivity contribution in [3.63, 3.8) is 0 Å². The Labute approximate surface area is 103 Å². The van der Waals surface area contributed by atoms with Crippen molar-refractivity contribution in [1.29, 1.82) is 5.26 Å². The summed E-state index contributed by atoms with van der Waals surface area (Å²) < 4.78 is 0. The molecule has 0 saturated heterocycles. The molecular weight excluding hydrogens is 230 g/mol. The van der Waals surface area contributed by atoms with E-state index < -0.39 is 10.8 Å². The molecule has 0 bridgehead atoms. The van der Waals surface area contributed by atoms with Crippen LogP contribution in [0, 0.1) is 21.4 Å². The summed E-state index contributed by atoms with van der Waals surface area (Å²) in [6, 6.07) is 13.4. The van der Waals surface area contributed by atoms with Crippen molar-refractivity contribution in [3.05, 3.63) is 70.0 Å². The fourth-order valence-electron chi connectivity index (χ4n) is 1.65. The van der Waals surface area contributed by atoms with E-state index in [-0.39, 0.29) is 5.69 Å². The van der Waals surface area contributed by atoms with E-state index in [9.17, 15) is 15.4 Å². The summed E-state index contributed by atoms with van der Waals surface area (Å²) >= 11 is 0. The van der Waals surface area contributed by atoms with Crippen LogP contribution in [0.3, 0.4) is 0 Å². The average molecular weight is 239 g/mol. The predicted molar refractivity (Wildman–Crippen MR) is 64.8 cm³/mol. The zero-order chi connectivity index (χ0) is 13.0. The Morgan fingerprint density at radius 1 is 1.22 bits per heavy atom. The minimum Gasteiger partial charge on any atom is -0.260 e. The number of aromatic nitrogens is 1. The summed E-state index contributed by atoms with van der Waals surface area (Å²) in [4.78, 5) is 14.2. The molecule has 0 aliphatic rings. The van der Waals surface area contributed by atoms with E-state index >= 15 is 0 Å². The van der Waals surface area contributed by atoms with Gasteiger partial charge in [-0.1, -0.05) is 18.2 Å². The first-order valence-electron chi connectivity index (χ1n) is 5.27. The molecule has 0 aliphatic carbocycles. The van der Waals surface area contributed by atoms with E-state index in [4.69, 9.17) is 0 Å². The molecule has 0 N–H and O–H groups in total. The number of hydrogen-bond donors (Lipinski definition) is 0. The predicted octanol–water partition coefficient (Wildman–Crippen LogP) is 2.65. The molecule has 1 atom stereocenters. The zero-order valence-electron chi connectivity index (χ0n) is 9.35. The molecule has 0 saturated carbocycles. The molecular formula is C13H9N3O2. The number of rotatable bonds is 3. The molecule has 1 aromatic carbocycles. The molecule has 88 valence electrons. The van der Waals surface area contributed by atoms with Crippen LogP contribution in [-0.4, -0.2) is 9.91 Å². The highest BCUT2D eigenvalue weighted by Gasteiger charge is 2.15. The Morgan fingerprint density at radius 3 is 2.44 bits per heavy atom. The maximum atomic E-state index is 10.5. The lowest BCUT2D eigenvalue weighted by Gasteiger charge is -2.08. The van der Waals surface area contributed by atoms with E-state index in [0.717, 1.165) is 0 Å². The summed E-state index contributed by atoms with van der Waals surface area (Å²) in [6.07, 6.45) is 1.62. The smallest absolute Gasteiger partial charge is 0.260 e. The molecule has 0 fully saturated rings. The van der Waals surface area contributed by atoms with Gasteiger partial charge >= 0.3 is 0 Å².